The van der Waals surface area contributed by atoms with Gasteiger partial charge in [0.05, 0.1) is 0 Å². The zero-order valence-corrected chi connectivity index (χ0v) is 9.67. The molecule has 0 aromatic heterocycles. The fourth-order valence-electron chi connectivity index (χ4n) is 2.01. The Morgan fingerprint density at radius 1 is 1.36 bits per heavy atom. The lowest BCUT2D eigenvalue weighted by atomic mass is 9.95. The van der Waals surface area contributed by atoms with E-state index < -0.39 is 5.67 Å². The minimum absolute atomic E-state index is 0.160. The summed E-state index contributed by atoms with van der Waals surface area (Å²) in [4.78, 5) is 13.4. The molecule has 1 rings (SSSR count). The molecule has 82 valence electrons. The van der Waals surface area contributed by atoms with E-state index in [4.69, 9.17) is 0 Å². The molecule has 3 heteroatoms. The van der Waals surface area contributed by atoms with Gasteiger partial charge in [0.1, 0.15) is 0 Å². The number of halogens is 1. The molecule has 1 saturated heterocycles. The monoisotopic (exact) mass is 201 g/mol. The van der Waals surface area contributed by atoms with Crippen molar-refractivity contribution in [2.45, 2.75) is 46.3 Å². The number of hydrogen-bond acceptors (Lipinski definition) is 1. The van der Waals surface area contributed by atoms with Crippen molar-refractivity contribution in [1.82, 2.24) is 4.90 Å². The first-order valence-corrected chi connectivity index (χ1v) is 5.25. The molecule has 1 heterocycles. The maximum atomic E-state index is 13.5. The predicted octanol–water partition coefficient (Wildman–Crippen LogP) is 2.24. The third-order valence-electron chi connectivity index (χ3n) is 3.40. The van der Waals surface area contributed by atoms with Crippen molar-refractivity contribution >= 4 is 5.91 Å². The Hall–Kier alpha value is -0.600. The predicted molar refractivity (Wildman–Crippen MR) is 54.7 cm³/mol. The number of likely N-dealkylation sites (tertiary alicyclic amines) is 1. The van der Waals surface area contributed by atoms with Gasteiger partial charge in [-0.2, -0.15) is 0 Å². The van der Waals surface area contributed by atoms with Crippen LogP contribution in [0, 0.1) is 11.8 Å². The first-order chi connectivity index (χ1) is 6.25. The van der Waals surface area contributed by atoms with Crippen molar-refractivity contribution in [3.8, 4) is 0 Å². The summed E-state index contributed by atoms with van der Waals surface area (Å²) >= 11 is 0. The van der Waals surface area contributed by atoms with E-state index in [1.807, 2.05) is 6.92 Å². The van der Waals surface area contributed by atoms with Crippen molar-refractivity contribution in [1.29, 1.82) is 0 Å². The summed E-state index contributed by atoms with van der Waals surface area (Å²) in [5.41, 5.74) is -1.74. The molecule has 3 atom stereocenters. The molecule has 14 heavy (non-hydrogen) atoms. The van der Waals surface area contributed by atoms with Crippen LogP contribution in [0.25, 0.3) is 0 Å². The summed E-state index contributed by atoms with van der Waals surface area (Å²) in [7, 11) is 0. The van der Waals surface area contributed by atoms with Gasteiger partial charge >= 0.3 is 0 Å². The maximum absolute atomic E-state index is 13.5. The number of amides is 1. The third-order valence-corrected chi connectivity index (χ3v) is 3.40. The van der Waals surface area contributed by atoms with Gasteiger partial charge in [0, 0.05) is 12.6 Å². The van der Waals surface area contributed by atoms with Gasteiger partial charge in [0.2, 0.25) is 0 Å². The van der Waals surface area contributed by atoms with Crippen LogP contribution in [-0.4, -0.2) is 29.1 Å². The highest BCUT2D eigenvalue weighted by Crippen LogP contribution is 2.31. The summed E-state index contributed by atoms with van der Waals surface area (Å²) in [6.07, 6.45) is 0. The lowest BCUT2D eigenvalue weighted by molar-refractivity contribution is -0.142. The Bertz CT molecular complexity index is 234. The zero-order valence-electron chi connectivity index (χ0n) is 9.67. The molecule has 0 aromatic rings. The zero-order chi connectivity index (χ0) is 11.1. The molecule has 3 unspecified atom stereocenters. The Kier molecular flexibility index (Phi) is 2.88. The van der Waals surface area contributed by atoms with Crippen molar-refractivity contribution in [2.24, 2.45) is 11.8 Å². The minimum Gasteiger partial charge on any atom is -0.337 e. The summed E-state index contributed by atoms with van der Waals surface area (Å²) in [5, 5.41) is 0. The summed E-state index contributed by atoms with van der Waals surface area (Å²) in [6, 6.07) is 0.160. The SMILES string of the molecule is CC1CN(C(=O)C(C)(C)F)C(C)C1C. The average Bonchev–Trinajstić information content (AvgIpc) is 2.30. The van der Waals surface area contributed by atoms with Gasteiger partial charge in [-0.1, -0.05) is 13.8 Å². The first kappa shape index (κ1) is 11.5. The Morgan fingerprint density at radius 3 is 2.14 bits per heavy atom. The van der Waals surface area contributed by atoms with E-state index in [-0.39, 0.29) is 11.9 Å². The molecule has 0 N–H and O–H groups in total. The smallest absolute Gasteiger partial charge is 0.259 e. The molecule has 0 saturated carbocycles. The molecule has 1 aliphatic heterocycles. The van der Waals surface area contributed by atoms with Crippen LogP contribution in [0.5, 0.6) is 0 Å². The van der Waals surface area contributed by atoms with Gasteiger partial charge in [-0.3, -0.25) is 4.79 Å². The van der Waals surface area contributed by atoms with Crippen LogP contribution < -0.4 is 0 Å². The molecule has 0 aliphatic carbocycles. The maximum Gasteiger partial charge on any atom is 0.259 e. The topological polar surface area (TPSA) is 20.3 Å². The van der Waals surface area contributed by atoms with Gasteiger partial charge in [0.25, 0.3) is 5.91 Å². The Morgan fingerprint density at radius 2 is 1.86 bits per heavy atom. The highest BCUT2D eigenvalue weighted by molar-refractivity contribution is 5.84. The number of rotatable bonds is 1. The molecular formula is C11H20FNO. The van der Waals surface area contributed by atoms with Crippen LogP contribution >= 0.6 is 0 Å². The highest BCUT2D eigenvalue weighted by Gasteiger charge is 2.41. The van der Waals surface area contributed by atoms with E-state index in [0.29, 0.717) is 18.4 Å². The molecule has 1 aliphatic rings. The van der Waals surface area contributed by atoms with E-state index in [9.17, 15) is 9.18 Å². The van der Waals surface area contributed by atoms with Crippen molar-refractivity contribution < 1.29 is 9.18 Å². The van der Waals surface area contributed by atoms with Crippen molar-refractivity contribution in [2.75, 3.05) is 6.54 Å². The van der Waals surface area contributed by atoms with Gasteiger partial charge in [0.15, 0.2) is 5.67 Å². The molecule has 2 nitrogen and oxygen atoms in total. The van der Waals surface area contributed by atoms with Crippen LogP contribution in [0.2, 0.25) is 0 Å². The van der Waals surface area contributed by atoms with Crippen LogP contribution in [-0.2, 0) is 4.79 Å². The second-order valence-electron chi connectivity index (χ2n) is 5.01. The summed E-state index contributed by atoms with van der Waals surface area (Å²) in [5.74, 6) is 0.554. The number of hydrogen-bond donors (Lipinski definition) is 0. The standard InChI is InChI=1S/C11H20FNO/c1-7-6-13(9(3)8(7)2)10(14)11(4,5)12/h7-9H,6H2,1-5H3. The average molecular weight is 201 g/mol. The van der Waals surface area contributed by atoms with E-state index in [0.717, 1.165) is 0 Å². The number of carbonyl (C=O) groups is 1. The molecule has 0 bridgehead atoms. The molecule has 0 spiro atoms. The lowest BCUT2D eigenvalue weighted by Crippen LogP contribution is -2.45. The Labute approximate surface area is 85.5 Å². The van der Waals surface area contributed by atoms with Crippen molar-refractivity contribution in [3.63, 3.8) is 0 Å². The fourth-order valence-corrected chi connectivity index (χ4v) is 2.01. The van der Waals surface area contributed by atoms with Gasteiger partial charge < -0.3 is 4.90 Å². The molecule has 1 fully saturated rings. The number of nitrogens with zero attached hydrogens (tertiary/aromatic N) is 1. The largest absolute Gasteiger partial charge is 0.337 e. The molecule has 0 aromatic carbocycles. The van der Waals surface area contributed by atoms with E-state index in [1.165, 1.54) is 13.8 Å². The lowest BCUT2D eigenvalue weighted by Gasteiger charge is -2.27. The Balaban J connectivity index is 2.77. The normalized spacial score (nSPS) is 33.6. The van der Waals surface area contributed by atoms with Crippen molar-refractivity contribution in [3.05, 3.63) is 0 Å². The van der Waals surface area contributed by atoms with Crippen LogP contribution in [0.4, 0.5) is 4.39 Å². The molecular weight excluding hydrogens is 181 g/mol. The third kappa shape index (κ3) is 1.91. The van der Waals surface area contributed by atoms with Gasteiger partial charge in [-0.25, -0.2) is 4.39 Å². The number of carbonyl (C=O) groups excluding carboxylic acids is 1. The molecule has 1 amide bonds. The molecule has 0 radical (unpaired) electrons. The summed E-state index contributed by atoms with van der Waals surface area (Å²) in [6.45, 7) is 9.57. The van der Waals surface area contributed by atoms with Crippen LogP contribution in [0.3, 0.4) is 0 Å². The quantitative estimate of drug-likeness (QED) is 0.637. The van der Waals surface area contributed by atoms with Crippen LogP contribution in [0.15, 0.2) is 0 Å². The van der Waals surface area contributed by atoms with E-state index in [1.54, 1.807) is 4.90 Å². The fraction of sp³-hybridized carbons (Fsp3) is 0.909. The van der Waals surface area contributed by atoms with Gasteiger partial charge in [-0.15, -0.1) is 0 Å². The highest BCUT2D eigenvalue weighted by atomic mass is 19.1. The minimum atomic E-state index is -1.74. The second-order valence-corrected chi connectivity index (χ2v) is 5.01. The van der Waals surface area contributed by atoms with E-state index >= 15 is 0 Å². The first-order valence-electron chi connectivity index (χ1n) is 5.25. The van der Waals surface area contributed by atoms with Crippen LogP contribution in [0.1, 0.15) is 34.6 Å². The number of alkyl halides is 1. The second kappa shape index (κ2) is 3.52. The van der Waals surface area contributed by atoms with Gasteiger partial charge in [-0.05, 0) is 32.6 Å². The summed E-state index contributed by atoms with van der Waals surface area (Å²) < 4.78 is 13.5. The van der Waals surface area contributed by atoms with E-state index in [2.05, 4.69) is 13.8 Å².